The van der Waals surface area contributed by atoms with E-state index in [2.05, 4.69) is 73.7 Å². The molecule has 0 saturated heterocycles. The molecule has 0 aliphatic rings. The highest BCUT2D eigenvalue weighted by Crippen LogP contribution is 2.02. The normalized spacial score (nSPS) is 9.82. The van der Waals surface area contributed by atoms with Crippen LogP contribution in [0.4, 0.5) is 0 Å². The Morgan fingerprint density at radius 3 is 1.32 bits per heavy atom. The first-order chi connectivity index (χ1) is 9.56. The third kappa shape index (κ3) is 6.17. The molecule has 2 heterocycles. The minimum Gasteiger partial charge on any atom is -1.00 e. The fraction of sp³-hybridized carbons (Fsp3) is 0.444. The average molecular weight is 430 g/mol. The number of hydrogen-bond acceptors (Lipinski definition) is 0. The van der Waals surface area contributed by atoms with Gasteiger partial charge in [0.25, 0.3) is 0 Å². The van der Waals surface area contributed by atoms with Crippen LogP contribution in [-0.2, 0) is 13.1 Å². The molecule has 0 atom stereocenters. The van der Waals surface area contributed by atoms with Gasteiger partial charge >= 0.3 is 0 Å². The van der Waals surface area contributed by atoms with Crippen molar-refractivity contribution < 1.29 is 43.1 Å². The lowest BCUT2D eigenvalue weighted by atomic mass is 10.2. The first kappa shape index (κ1) is 21.3. The molecule has 0 saturated carbocycles. The smallest absolute Gasteiger partial charge is 0.171 e. The molecule has 2 rings (SSSR count). The number of pyridine rings is 2. The Morgan fingerprint density at radius 2 is 1.00 bits per heavy atom. The van der Waals surface area contributed by atoms with Gasteiger partial charge in [0.15, 0.2) is 24.8 Å². The Balaban J connectivity index is 0.00000220. The standard InChI is InChI=1S/C18H26N2.2BrH/c1-15-7-11-19(13-17(15)3)9-5-6-10-20-12-8-16(2)18(4)14-20;;/h7-8,11-14H,5-6,9-10H2,1-4H3;2*1H/q+2;;/p-2. The van der Waals surface area contributed by atoms with Gasteiger partial charge in [0.2, 0.25) is 0 Å². The van der Waals surface area contributed by atoms with E-state index in [9.17, 15) is 0 Å². The maximum Gasteiger partial charge on any atom is 0.171 e. The molecule has 4 heteroatoms. The van der Waals surface area contributed by atoms with Gasteiger partial charge in [0, 0.05) is 36.1 Å². The quantitative estimate of drug-likeness (QED) is 0.353. The molecule has 122 valence electrons. The number of halogens is 2. The maximum absolute atomic E-state index is 2.30. The number of aryl methyl sites for hydroxylation is 6. The summed E-state index contributed by atoms with van der Waals surface area (Å²) in [5, 5.41) is 0. The summed E-state index contributed by atoms with van der Waals surface area (Å²) in [4.78, 5) is 0. The summed E-state index contributed by atoms with van der Waals surface area (Å²) in [5.41, 5.74) is 5.48. The summed E-state index contributed by atoms with van der Waals surface area (Å²) < 4.78 is 4.60. The molecule has 2 nitrogen and oxygen atoms in total. The van der Waals surface area contributed by atoms with Crippen molar-refractivity contribution >= 4 is 0 Å². The number of rotatable bonds is 5. The lowest BCUT2D eigenvalue weighted by Gasteiger charge is -2.01. The second-order valence-electron chi connectivity index (χ2n) is 5.80. The van der Waals surface area contributed by atoms with Crippen LogP contribution in [0.5, 0.6) is 0 Å². The molecular weight excluding hydrogens is 404 g/mol. The number of unbranched alkanes of at least 4 members (excludes halogenated alkanes) is 1. The average Bonchev–Trinajstić information content (AvgIpc) is 2.42. The Morgan fingerprint density at radius 1 is 0.636 bits per heavy atom. The van der Waals surface area contributed by atoms with Gasteiger partial charge in [0.1, 0.15) is 13.1 Å². The summed E-state index contributed by atoms with van der Waals surface area (Å²) in [6, 6.07) is 4.40. The summed E-state index contributed by atoms with van der Waals surface area (Å²) in [7, 11) is 0. The van der Waals surface area contributed by atoms with Crippen molar-refractivity contribution in [3.8, 4) is 0 Å². The molecule has 0 amide bonds. The van der Waals surface area contributed by atoms with Gasteiger partial charge < -0.3 is 34.0 Å². The Kier molecular flexibility index (Phi) is 9.77. The molecule has 0 aromatic carbocycles. The highest BCUT2D eigenvalue weighted by atomic mass is 79.9. The van der Waals surface area contributed by atoms with Crippen molar-refractivity contribution in [3.05, 3.63) is 59.2 Å². The predicted octanol–water partition coefficient (Wildman–Crippen LogP) is -3.02. The van der Waals surface area contributed by atoms with Crippen LogP contribution in [-0.4, -0.2) is 0 Å². The molecular formula is C18H26Br2N2. The van der Waals surface area contributed by atoms with Crippen molar-refractivity contribution in [3.63, 3.8) is 0 Å². The largest absolute Gasteiger partial charge is 1.00 e. The highest BCUT2D eigenvalue weighted by Gasteiger charge is 2.06. The highest BCUT2D eigenvalue weighted by molar-refractivity contribution is 5.17. The molecule has 2 aromatic heterocycles. The lowest BCUT2D eigenvalue weighted by molar-refractivity contribution is -0.708. The van der Waals surface area contributed by atoms with E-state index in [1.165, 1.54) is 35.1 Å². The molecule has 2 aromatic rings. The van der Waals surface area contributed by atoms with Gasteiger partial charge in [-0.1, -0.05) is 0 Å². The van der Waals surface area contributed by atoms with Crippen LogP contribution < -0.4 is 43.1 Å². The van der Waals surface area contributed by atoms with Crippen molar-refractivity contribution in [2.75, 3.05) is 0 Å². The molecule has 0 unspecified atom stereocenters. The molecule has 0 aliphatic heterocycles. The fourth-order valence-corrected chi connectivity index (χ4v) is 2.33. The van der Waals surface area contributed by atoms with Crippen LogP contribution in [0.25, 0.3) is 0 Å². The second-order valence-corrected chi connectivity index (χ2v) is 5.80. The zero-order chi connectivity index (χ0) is 14.5. The minimum absolute atomic E-state index is 0. The number of hydrogen-bond donors (Lipinski definition) is 0. The number of aromatic nitrogens is 2. The second kappa shape index (κ2) is 10.1. The van der Waals surface area contributed by atoms with E-state index >= 15 is 0 Å². The minimum atomic E-state index is 0. The van der Waals surface area contributed by atoms with Gasteiger partial charge in [0.05, 0.1) is 0 Å². The van der Waals surface area contributed by atoms with Crippen molar-refractivity contribution in [2.45, 2.75) is 53.6 Å². The van der Waals surface area contributed by atoms with Crippen LogP contribution in [0.3, 0.4) is 0 Å². The molecule has 0 N–H and O–H groups in total. The first-order valence-electron chi connectivity index (χ1n) is 7.49. The van der Waals surface area contributed by atoms with Crippen LogP contribution in [0, 0.1) is 27.7 Å². The van der Waals surface area contributed by atoms with Crippen molar-refractivity contribution in [2.24, 2.45) is 0 Å². The third-order valence-corrected chi connectivity index (χ3v) is 4.08. The Hall–Kier alpha value is -0.740. The van der Waals surface area contributed by atoms with Gasteiger partial charge in [-0.3, -0.25) is 0 Å². The van der Waals surface area contributed by atoms with Crippen molar-refractivity contribution in [1.29, 1.82) is 0 Å². The lowest BCUT2D eigenvalue weighted by Crippen LogP contribution is -3.00. The van der Waals surface area contributed by atoms with Crippen LogP contribution in [0.2, 0.25) is 0 Å². The van der Waals surface area contributed by atoms with Crippen molar-refractivity contribution in [1.82, 2.24) is 0 Å². The van der Waals surface area contributed by atoms with Gasteiger partial charge in [-0.05, 0) is 38.8 Å². The zero-order valence-corrected chi connectivity index (χ0v) is 17.1. The molecule has 0 aliphatic carbocycles. The van der Waals surface area contributed by atoms with Gasteiger partial charge in [-0.15, -0.1) is 0 Å². The molecule has 0 radical (unpaired) electrons. The van der Waals surface area contributed by atoms with E-state index in [0.29, 0.717) is 0 Å². The van der Waals surface area contributed by atoms with E-state index in [-0.39, 0.29) is 34.0 Å². The summed E-state index contributed by atoms with van der Waals surface area (Å²) in [6.45, 7) is 10.9. The summed E-state index contributed by atoms with van der Waals surface area (Å²) >= 11 is 0. The van der Waals surface area contributed by atoms with Crippen LogP contribution in [0.15, 0.2) is 36.9 Å². The topological polar surface area (TPSA) is 7.76 Å². The Labute approximate surface area is 155 Å². The van der Waals surface area contributed by atoms with E-state index in [0.717, 1.165) is 13.1 Å². The summed E-state index contributed by atoms with van der Waals surface area (Å²) in [5.74, 6) is 0. The van der Waals surface area contributed by atoms with E-state index < -0.39 is 0 Å². The first-order valence-corrected chi connectivity index (χ1v) is 7.49. The van der Waals surface area contributed by atoms with E-state index in [4.69, 9.17) is 0 Å². The monoisotopic (exact) mass is 428 g/mol. The zero-order valence-electron chi connectivity index (χ0n) is 13.9. The van der Waals surface area contributed by atoms with E-state index in [1.807, 2.05) is 0 Å². The third-order valence-electron chi connectivity index (χ3n) is 4.08. The van der Waals surface area contributed by atoms with Crippen LogP contribution in [0.1, 0.15) is 35.1 Å². The maximum atomic E-state index is 2.30. The molecule has 22 heavy (non-hydrogen) atoms. The molecule has 0 spiro atoms. The SMILES string of the molecule is Cc1cc[n+](CCCC[n+]2ccc(C)c(C)c2)cc1C.[Br-].[Br-]. The predicted molar refractivity (Wildman–Crippen MR) is 81.5 cm³/mol. The van der Waals surface area contributed by atoms with Gasteiger partial charge in [-0.25, -0.2) is 9.13 Å². The van der Waals surface area contributed by atoms with E-state index in [1.54, 1.807) is 0 Å². The Bertz CT molecular complexity index is 544. The van der Waals surface area contributed by atoms with Crippen LogP contribution >= 0.6 is 0 Å². The fourth-order valence-electron chi connectivity index (χ4n) is 2.33. The molecule has 0 fully saturated rings. The molecule has 0 bridgehead atoms. The summed E-state index contributed by atoms with van der Waals surface area (Å²) in [6.07, 6.45) is 11.3. The number of nitrogens with zero attached hydrogens (tertiary/aromatic N) is 2. The van der Waals surface area contributed by atoms with Gasteiger partial charge in [-0.2, -0.15) is 0 Å².